The number of halogens is 2. The Morgan fingerprint density at radius 3 is 2.67 bits per heavy atom. The SMILES string of the molecule is COCCNCC(C)(C)Cc1cccc(F)c1F. The van der Waals surface area contributed by atoms with Gasteiger partial charge in [0.05, 0.1) is 6.61 Å². The highest BCUT2D eigenvalue weighted by atomic mass is 19.2. The topological polar surface area (TPSA) is 21.3 Å². The van der Waals surface area contributed by atoms with E-state index in [9.17, 15) is 8.78 Å². The molecule has 0 saturated heterocycles. The molecule has 2 nitrogen and oxygen atoms in total. The van der Waals surface area contributed by atoms with E-state index < -0.39 is 11.6 Å². The Kier molecular flexibility index (Phi) is 5.69. The van der Waals surface area contributed by atoms with Crippen LogP contribution >= 0.6 is 0 Å². The van der Waals surface area contributed by atoms with Crippen LogP contribution in [-0.4, -0.2) is 26.8 Å². The molecule has 4 heteroatoms. The predicted molar refractivity (Wildman–Crippen MR) is 68.6 cm³/mol. The maximum absolute atomic E-state index is 13.6. The summed E-state index contributed by atoms with van der Waals surface area (Å²) in [6.45, 7) is 6.18. The van der Waals surface area contributed by atoms with E-state index in [1.54, 1.807) is 19.2 Å². The molecule has 1 N–H and O–H groups in total. The van der Waals surface area contributed by atoms with Crippen LogP contribution in [0.3, 0.4) is 0 Å². The maximum Gasteiger partial charge on any atom is 0.162 e. The van der Waals surface area contributed by atoms with Gasteiger partial charge in [-0.25, -0.2) is 8.78 Å². The minimum atomic E-state index is -0.782. The molecule has 0 aliphatic heterocycles. The number of ether oxygens (including phenoxy) is 1. The lowest BCUT2D eigenvalue weighted by Crippen LogP contribution is -2.33. The van der Waals surface area contributed by atoms with E-state index >= 15 is 0 Å². The summed E-state index contributed by atoms with van der Waals surface area (Å²) < 4.78 is 31.6. The second kappa shape index (κ2) is 6.81. The zero-order chi connectivity index (χ0) is 13.6. The zero-order valence-corrected chi connectivity index (χ0v) is 11.2. The molecule has 0 unspecified atom stereocenters. The molecule has 0 atom stereocenters. The fourth-order valence-electron chi connectivity index (χ4n) is 1.86. The molecule has 0 aromatic heterocycles. The van der Waals surface area contributed by atoms with Gasteiger partial charge in [0.15, 0.2) is 11.6 Å². The van der Waals surface area contributed by atoms with Crippen LogP contribution in [0.2, 0.25) is 0 Å². The van der Waals surface area contributed by atoms with Gasteiger partial charge < -0.3 is 10.1 Å². The number of benzene rings is 1. The summed E-state index contributed by atoms with van der Waals surface area (Å²) in [6.07, 6.45) is 0.497. The van der Waals surface area contributed by atoms with Crippen LogP contribution in [-0.2, 0) is 11.2 Å². The molecule has 0 aliphatic carbocycles. The average Bonchev–Trinajstić information content (AvgIpc) is 2.31. The van der Waals surface area contributed by atoms with Crippen molar-refractivity contribution in [2.75, 3.05) is 26.8 Å². The molecule has 0 fully saturated rings. The first kappa shape index (κ1) is 15.1. The normalized spacial score (nSPS) is 11.8. The van der Waals surface area contributed by atoms with Gasteiger partial charge in [-0.3, -0.25) is 0 Å². The molecule has 1 rings (SSSR count). The minimum absolute atomic E-state index is 0.137. The molecular formula is C14H21F2NO. The fourth-order valence-corrected chi connectivity index (χ4v) is 1.86. The van der Waals surface area contributed by atoms with Gasteiger partial charge in [0, 0.05) is 20.2 Å². The van der Waals surface area contributed by atoms with E-state index in [1.165, 1.54) is 0 Å². The molecule has 0 spiro atoms. The number of hydrogen-bond donors (Lipinski definition) is 1. The van der Waals surface area contributed by atoms with Crippen LogP contribution < -0.4 is 5.32 Å². The molecule has 1 aromatic rings. The summed E-state index contributed by atoms with van der Waals surface area (Å²) in [6, 6.07) is 4.32. The van der Waals surface area contributed by atoms with Gasteiger partial charge in [-0.2, -0.15) is 0 Å². The highest BCUT2D eigenvalue weighted by Gasteiger charge is 2.21. The Morgan fingerprint density at radius 1 is 1.28 bits per heavy atom. The van der Waals surface area contributed by atoms with Crippen molar-refractivity contribution in [1.82, 2.24) is 5.32 Å². The van der Waals surface area contributed by atoms with E-state index in [-0.39, 0.29) is 5.41 Å². The van der Waals surface area contributed by atoms with E-state index in [4.69, 9.17) is 4.74 Å². The van der Waals surface area contributed by atoms with Crippen molar-refractivity contribution in [2.45, 2.75) is 20.3 Å². The molecule has 0 heterocycles. The van der Waals surface area contributed by atoms with Gasteiger partial charge in [0.2, 0.25) is 0 Å². The van der Waals surface area contributed by atoms with Crippen molar-refractivity contribution >= 4 is 0 Å². The molecule has 0 bridgehead atoms. The second-order valence-electron chi connectivity index (χ2n) is 5.22. The van der Waals surface area contributed by atoms with Crippen molar-refractivity contribution in [3.8, 4) is 0 Å². The molecule has 18 heavy (non-hydrogen) atoms. The Labute approximate surface area is 107 Å². The van der Waals surface area contributed by atoms with Crippen molar-refractivity contribution in [3.63, 3.8) is 0 Å². The van der Waals surface area contributed by atoms with Gasteiger partial charge in [-0.05, 0) is 23.5 Å². The smallest absolute Gasteiger partial charge is 0.162 e. The van der Waals surface area contributed by atoms with Crippen LogP contribution in [0.25, 0.3) is 0 Å². The zero-order valence-electron chi connectivity index (χ0n) is 11.2. The molecule has 102 valence electrons. The first-order valence-electron chi connectivity index (χ1n) is 6.09. The quantitative estimate of drug-likeness (QED) is 0.758. The van der Waals surface area contributed by atoms with Crippen LogP contribution in [0.4, 0.5) is 8.78 Å². The fraction of sp³-hybridized carbons (Fsp3) is 0.571. The maximum atomic E-state index is 13.6. The van der Waals surface area contributed by atoms with E-state index in [0.29, 0.717) is 18.6 Å². The van der Waals surface area contributed by atoms with Gasteiger partial charge in [0.1, 0.15) is 0 Å². The van der Waals surface area contributed by atoms with Gasteiger partial charge in [-0.15, -0.1) is 0 Å². The summed E-state index contributed by atoms with van der Waals surface area (Å²) in [4.78, 5) is 0. The molecule has 1 aromatic carbocycles. The number of rotatable bonds is 7. The van der Waals surface area contributed by atoms with E-state index in [1.807, 2.05) is 13.8 Å². The molecule has 0 saturated carbocycles. The Bertz CT molecular complexity index is 380. The second-order valence-corrected chi connectivity index (χ2v) is 5.22. The Hall–Kier alpha value is -1.00. The number of methoxy groups -OCH3 is 1. The van der Waals surface area contributed by atoms with Crippen LogP contribution in [0, 0.1) is 17.0 Å². The highest BCUT2D eigenvalue weighted by Crippen LogP contribution is 2.23. The summed E-state index contributed by atoms with van der Waals surface area (Å²) >= 11 is 0. The van der Waals surface area contributed by atoms with Gasteiger partial charge in [-0.1, -0.05) is 26.0 Å². The summed E-state index contributed by atoms with van der Waals surface area (Å²) in [5.74, 6) is -1.52. The van der Waals surface area contributed by atoms with E-state index in [0.717, 1.165) is 19.2 Å². The monoisotopic (exact) mass is 257 g/mol. The van der Waals surface area contributed by atoms with Crippen LogP contribution in [0.5, 0.6) is 0 Å². The average molecular weight is 257 g/mol. The number of hydrogen-bond acceptors (Lipinski definition) is 2. The molecule has 0 amide bonds. The molecular weight excluding hydrogens is 236 g/mol. The van der Waals surface area contributed by atoms with Crippen molar-refractivity contribution in [2.24, 2.45) is 5.41 Å². The third kappa shape index (κ3) is 4.70. The summed E-state index contributed by atoms with van der Waals surface area (Å²) in [5, 5.41) is 3.24. The van der Waals surface area contributed by atoms with Gasteiger partial charge >= 0.3 is 0 Å². The van der Waals surface area contributed by atoms with Crippen molar-refractivity contribution in [3.05, 3.63) is 35.4 Å². The summed E-state index contributed by atoms with van der Waals surface area (Å²) in [5.41, 5.74) is 0.288. The highest BCUT2D eigenvalue weighted by molar-refractivity contribution is 5.20. The predicted octanol–water partition coefficient (Wildman–Crippen LogP) is 2.77. The lowest BCUT2D eigenvalue weighted by molar-refractivity contribution is 0.193. The van der Waals surface area contributed by atoms with Crippen LogP contribution in [0.15, 0.2) is 18.2 Å². The number of nitrogens with one attached hydrogen (secondary N) is 1. The lowest BCUT2D eigenvalue weighted by atomic mass is 9.85. The first-order chi connectivity index (χ1) is 8.46. The van der Waals surface area contributed by atoms with Crippen molar-refractivity contribution < 1.29 is 13.5 Å². The molecule has 0 radical (unpaired) electrons. The largest absolute Gasteiger partial charge is 0.383 e. The third-order valence-corrected chi connectivity index (χ3v) is 2.79. The van der Waals surface area contributed by atoms with Crippen LogP contribution in [0.1, 0.15) is 19.4 Å². The molecule has 0 aliphatic rings. The lowest BCUT2D eigenvalue weighted by Gasteiger charge is -2.25. The third-order valence-electron chi connectivity index (χ3n) is 2.79. The first-order valence-corrected chi connectivity index (χ1v) is 6.09. The van der Waals surface area contributed by atoms with Gasteiger partial charge in [0.25, 0.3) is 0 Å². The minimum Gasteiger partial charge on any atom is -0.383 e. The standard InChI is InChI=1S/C14H21F2NO/c1-14(2,10-17-7-8-18-3)9-11-5-4-6-12(15)13(11)16/h4-6,17H,7-10H2,1-3H3. The summed E-state index contributed by atoms with van der Waals surface area (Å²) in [7, 11) is 1.65. The Morgan fingerprint density at radius 2 is 2.00 bits per heavy atom. The Balaban J connectivity index is 2.56. The van der Waals surface area contributed by atoms with E-state index in [2.05, 4.69) is 5.32 Å². The van der Waals surface area contributed by atoms with Crippen molar-refractivity contribution in [1.29, 1.82) is 0 Å².